The highest BCUT2D eigenvalue weighted by atomic mass is 32.1. The Morgan fingerprint density at radius 3 is 3.08 bits per heavy atom. The fourth-order valence-electron chi connectivity index (χ4n) is 1.38. The Morgan fingerprint density at radius 1 is 1.92 bits per heavy atom. The summed E-state index contributed by atoms with van der Waals surface area (Å²) in [6.07, 6.45) is 1.01. The minimum atomic E-state index is -0.853. The van der Waals surface area contributed by atoms with Gasteiger partial charge >= 0.3 is 0 Å². The molecule has 1 heterocycles. The third kappa shape index (κ3) is 1.58. The summed E-state index contributed by atoms with van der Waals surface area (Å²) < 4.78 is 20.6. The number of aliphatic hydroxyl groups excluding tert-OH is 1. The lowest BCUT2D eigenvalue weighted by Crippen LogP contribution is -2.24. The largest absolute Gasteiger partial charge is 0.392 e. The zero-order valence-corrected chi connectivity index (χ0v) is 8.09. The molecule has 3 atom stereocenters. The molecule has 13 heavy (non-hydrogen) atoms. The van der Waals surface area contributed by atoms with Gasteiger partial charge in [-0.15, -0.1) is 0 Å². The maximum absolute atomic E-state index is 12.8. The maximum atomic E-state index is 12.8. The Hall–Kier alpha value is -0.550. The molecule has 1 aliphatic rings. The molecule has 72 valence electrons. The minimum Gasteiger partial charge on any atom is -0.392 e. The molecule has 0 bridgehead atoms. The Labute approximate surface area is 79.9 Å². The summed E-state index contributed by atoms with van der Waals surface area (Å²) in [5, 5.41) is 9.69. The molecular formula is C8H11FN2OS. The van der Waals surface area contributed by atoms with Crippen LogP contribution >= 0.6 is 11.7 Å². The minimum absolute atomic E-state index is 0.410. The molecule has 1 saturated carbocycles. The first-order valence-corrected chi connectivity index (χ1v) is 4.94. The number of nitrogens with zero attached hydrogens (tertiary/aromatic N) is 2. The van der Waals surface area contributed by atoms with E-state index in [-0.39, 0.29) is 0 Å². The quantitative estimate of drug-likeness (QED) is 0.800. The summed E-state index contributed by atoms with van der Waals surface area (Å²) in [7, 11) is 0. The number of alkyl halides is 1. The lowest BCUT2D eigenvalue weighted by atomic mass is 9.98. The van der Waals surface area contributed by atoms with Gasteiger partial charge in [0.2, 0.25) is 0 Å². The highest BCUT2D eigenvalue weighted by molar-refractivity contribution is 6.99. The van der Waals surface area contributed by atoms with Crippen LogP contribution in [0.15, 0.2) is 6.20 Å². The average Bonchev–Trinajstić information content (AvgIpc) is 2.53. The molecule has 1 aliphatic carbocycles. The van der Waals surface area contributed by atoms with E-state index in [2.05, 4.69) is 8.75 Å². The van der Waals surface area contributed by atoms with Gasteiger partial charge in [-0.25, -0.2) is 4.39 Å². The van der Waals surface area contributed by atoms with E-state index in [1.54, 1.807) is 13.1 Å². The van der Waals surface area contributed by atoms with E-state index in [1.165, 1.54) is 0 Å². The second-order valence-corrected chi connectivity index (χ2v) is 4.35. The number of rotatable bonds is 3. The number of hydrogen-bond donors (Lipinski definition) is 1. The molecule has 0 radical (unpaired) electrons. The predicted molar refractivity (Wildman–Crippen MR) is 47.2 cm³/mol. The van der Waals surface area contributed by atoms with Crippen molar-refractivity contribution in [2.24, 2.45) is 5.41 Å². The van der Waals surface area contributed by atoms with E-state index in [1.807, 2.05) is 0 Å². The monoisotopic (exact) mass is 202 g/mol. The molecule has 3 nitrogen and oxygen atoms in total. The zero-order valence-electron chi connectivity index (χ0n) is 7.27. The van der Waals surface area contributed by atoms with Crippen LogP contribution in [-0.2, 0) is 6.42 Å². The molecule has 3 unspecified atom stereocenters. The van der Waals surface area contributed by atoms with Crippen molar-refractivity contribution >= 4 is 11.7 Å². The van der Waals surface area contributed by atoms with Gasteiger partial charge in [-0.05, 0) is 6.42 Å². The van der Waals surface area contributed by atoms with Crippen molar-refractivity contribution < 1.29 is 9.50 Å². The topological polar surface area (TPSA) is 46.0 Å². The van der Waals surface area contributed by atoms with Gasteiger partial charge in [0.1, 0.15) is 6.17 Å². The van der Waals surface area contributed by atoms with Crippen LogP contribution < -0.4 is 0 Å². The summed E-state index contributed by atoms with van der Waals surface area (Å²) in [6, 6.07) is 0. The second-order valence-electron chi connectivity index (χ2n) is 3.80. The van der Waals surface area contributed by atoms with Gasteiger partial charge < -0.3 is 5.11 Å². The first-order valence-electron chi connectivity index (χ1n) is 4.21. The van der Waals surface area contributed by atoms with Crippen LogP contribution in [0.1, 0.15) is 19.0 Å². The number of halogens is 1. The number of hydrogen-bond acceptors (Lipinski definition) is 4. The summed E-state index contributed by atoms with van der Waals surface area (Å²) in [5.74, 6) is 0. The van der Waals surface area contributed by atoms with Gasteiger partial charge in [-0.3, -0.25) is 0 Å². The van der Waals surface area contributed by atoms with Crippen LogP contribution in [0.5, 0.6) is 0 Å². The fourth-order valence-corrected chi connectivity index (χ4v) is 1.82. The van der Waals surface area contributed by atoms with Crippen molar-refractivity contribution in [2.75, 3.05) is 0 Å². The van der Waals surface area contributed by atoms with Gasteiger partial charge in [0.05, 0.1) is 29.7 Å². The molecule has 0 aliphatic heterocycles. The van der Waals surface area contributed by atoms with E-state index >= 15 is 0 Å². The Bertz CT molecular complexity index is 292. The summed E-state index contributed by atoms with van der Waals surface area (Å²) in [6.45, 7) is 1.77. The van der Waals surface area contributed by atoms with Crippen molar-refractivity contribution in [3.05, 3.63) is 11.9 Å². The van der Waals surface area contributed by atoms with Gasteiger partial charge in [0.15, 0.2) is 0 Å². The van der Waals surface area contributed by atoms with Crippen molar-refractivity contribution in [1.82, 2.24) is 8.75 Å². The van der Waals surface area contributed by atoms with Crippen molar-refractivity contribution in [3.63, 3.8) is 0 Å². The first kappa shape index (κ1) is 9.02. The van der Waals surface area contributed by atoms with Crippen LogP contribution in [0, 0.1) is 5.41 Å². The lowest BCUT2D eigenvalue weighted by Gasteiger charge is -2.15. The molecule has 1 fully saturated rings. The Morgan fingerprint density at radius 2 is 2.62 bits per heavy atom. The van der Waals surface area contributed by atoms with Crippen LogP contribution in [0.4, 0.5) is 4.39 Å². The molecule has 1 aromatic heterocycles. The maximum Gasteiger partial charge on any atom is 0.109 e. The van der Waals surface area contributed by atoms with E-state index in [4.69, 9.17) is 0 Å². The Balaban J connectivity index is 1.96. The number of aromatic nitrogens is 2. The average molecular weight is 202 g/mol. The summed E-state index contributed by atoms with van der Waals surface area (Å²) in [5.41, 5.74) is 0.210. The van der Waals surface area contributed by atoms with E-state index in [0.29, 0.717) is 12.8 Å². The van der Waals surface area contributed by atoms with Crippen molar-refractivity contribution in [2.45, 2.75) is 32.0 Å². The van der Waals surface area contributed by atoms with E-state index in [0.717, 1.165) is 17.4 Å². The zero-order chi connectivity index (χ0) is 9.47. The van der Waals surface area contributed by atoms with Crippen LogP contribution in [0.25, 0.3) is 0 Å². The third-order valence-electron chi connectivity index (χ3n) is 2.75. The summed E-state index contributed by atoms with van der Waals surface area (Å²) >= 11 is 1.11. The van der Waals surface area contributed by atoms with Crippen LogP contribution in [-0.4, -0.2) is 26.1 Å². The van der Waals surface area contributed by atoms with Crippen molar-refractivity contribution in [1.29, 1.82) is 0 Å². The molecule has 1 N–H and O–H groups in total. The smallest absolute Gasteiger partial charge is 0.109 e. The highest BCUT2D eigenvalue weighted by Gasteiger charge is 2.56. The first-order chi connectivity index (χ1) is 6.13. The van der Waals surface area contributed by atoms with Gasteiger partial charge in [0.25, 0.3) is 0 Å². The molecular weight excluding hydrogens is 191 g/mol. The molecule has 1 aromatic rings. The molecule has 0 amide bonds. The van der Waals surface area contributed by atoms with Gasteiger partial charge in [-0.2, -0.15) is 8.75 Å². The normalized spacial score (nSPS) is 34.5. The van der Waals surface area contributed by atoms with Crippen molar-refractivity contribution in [3.8, 4) is 0 Å². The standard InChI is InChI=1S/C8H11FN2OS/c1-8(3-6(8)9)7(12)2-5-4-10-13-11-5/h4,6-7,12H,2-3H2,1H3. The van der Waals surface area contributed by atoms with Crippen LogP contribution in [0.2, 0.25) is 0 Å². The molecule has 0 spiro atoms. The van der Waals surface area contributed by atoms with Crippen LogP contribution in [0.3, 0.4) is 0 Å². The highest BCUT2D eigenvalue weighted by Crippen LogP contribution is 2.51. The van der Waals surface area contributed by atoms with E-state index in [9.17, 15) is 9.50 Å². The molecule has 0 aromatic carbocycles. The SMILES string of the molecule is CC1(C(O)Cc2cnsn2)CC1F. The van der Waals surface area contributed by atoms with Gasteiger partial charge in [0, 0.05) is 11.8 Å². The number of aliphatic hydroxyl groups is 1. The van der Waals surface area contributed by atoms with E-state index < -0.39 is 17.7 Å². The van der Waals surface area contributed by atoms with Gasteiger partial charge in [-0.1, -0.05) is 6.92 Å². The molecule has 2 rings (SSSR count). The Kier molecular flexibility index (Phi) is 2.08. The summed E-state index contributed by atoms with van der Waals surface area (Å²) in [4.78, 5) is 0. The third-order valence-corrected chi connectivity index (χ3v) is 3.26. The molecule has 0 saturated heterocycles. The second kappa shape index (κ2) is 2.99. The molecule has 5 heteroatoms. The fraction of sp³-hybridized carbons (Fsp3) is 0.750. The lowest BCUT2D eigenvalue weighted by molar-refractivity contribution is 0.0869. The predicted octanol–water partition coefficient (Wildman–Crippen LogP) is 1.19.